The van der Waals surface area contributed by atoms with Crippen LogP contribution in [0.4, 0.5) is 0 Å². The molecule has 45 heavy (non-hydrogen) atoms. The number of hydrogen-bond donors (Lipinski definition) is 3. The van der Waals surface area contributed by atoms with Gasteiger partial charge in [0.05, 0.1) is 13.0 Å². The molecule has 0 spiro atoms. The predicted molar refractivity (Wildman–Crippen MR) is 177 cm³/mol. The Hall–Kier alpha value is -3.60. The number of carboxylic acid groups (broad SMARTS) is 2. The smallest absolute Gasteiger partial charge is 0.304 e. The molecule has 0 saturated heterocycles. The molecule has 2 unspecified atom stereocenters. The highest BCUT2D eigenvalue weighted by Crippen LogP contribution is 2.39. The number of ketones is 2. The molecule has 3 rings (SSSR count). The second-order valence-corrected chi connectivity index (χ2v) is 13.2. The van der Waals surface area contributed by atoms with Gasteiger partial charge in [-0.2, -0.15) is 0 Å². The lowest BCUT2D eigenvalue weighted by Crippen LogP contribution is -2.15. The molecule has 0 saturated carbocycles. The SMILES string of the molecule is CC(=O)c1ccc(OCCCSc2ccc(C(CCC(=O)O)Sc3ccc(C(=O)C(C)CC(=O)O)cc3)cc2)c(CCCO)c1. The molecule has 3 aromatic carbocycles. The van der Waals surface area contributed by atoms with E-state index in [0.29, 0.717) is 37.0 Å². The third kappa shape index (κ3) is 12.0. The molecule has 3 N–H and O–H groups in total. The van der Waals surface area contributed by atoms with Gasteiger partial charge in [-0.1, -0.05) is 31.2 Å². The third-order valence-corrected chi connectivity index (χ3v) is 9.54. The molecule has 10 heteroatoms. The molecule has 3 aromatic rings. The van der Waals surface area contributed by atoms with E-state index in [4.69, 9.17) is 9.84 Å². The Kier molecular flexibility index (Phi) is 14.7. The van der Waals surface area contributed by atoms with Crippen LogP contribution in [-0.2, 0) is 16.0 Å². The van der Waals surface area contributed by atoms with Gasteiger partial charge in [-0.3, -0.25) is 19.2 Å². The molecule has 0 fully saturated rings. The second kappa shape index (κ2) is 18.4. The van der Waals surface area contributed by atoms with Crippen LogP contribution in [0.2, 0.25) is 0 Å². The summed E-state index contributed by atoms with van der Waals surface area (Å²) >= 11 is 3.24. The van der Waals surface area contributed by atoms with Crippen molar-refractivity contribution >= 4 is 47.0 Å². The zero-order valence-corrected chi connectivity index (χ0v) is 27.2. The van der Waals surface area contributed by atoms with Gasteiger partial charge in [0.1, 0.15) is 5.75 Å². The van der Waals surface area contributed by atoms with Crippen LogP contribution >= 0.6 is 23.5 Å². The standard InChI is InChI=1S/C35H40O8S2/c1-23(21-34(40)41)35(42)26-8-13-30(14-9-26)45-32(16-17-33(38)39)25-6-11-29(12-7-25)44-20-4-19-43-31-15-10-27(24(2)37)22-28(31)5-3-18-36/h6-15,22-23,32,36H,3-5,16-21H2,1-2H3,(H,38,39)(H,40,41). The lowest BCUT2D eigenvalue weighted by Gasteiger charge is -2.17. The number of benzene rings is 3. The van der Waals surface area contributed by atoms with Crippen molar-refractivity contribution in [1.82, 2.24) is 0 Å². The monoisotopic (exact) mass is 652 g/mol. The Morgan fingerprint density at radius 2 is 1.51 bits per heavy atom. The van der Waals surface area contributed by atoms with Crippen molar-refractivity contribution in [3.8, 4) is 5.75 Å². The summed E-state index contributed by atoms with van der Waals surface area (Å²) in [5.41, 5.74) is 3.01. The molecule has 0 bridgehead atoms. The number of carbonyl (C=O) groups is 4. The molecule has 0 aliphatic carbocycles. The molecule has 0 aromatic heterocycles. The van der Waals surface area contributed by atoms with E-state index in [2.05, 4.69) is 0 Å². The van der Waals surface area contributed by atoms with E-state index in [1.807, 2.05) is 48.5 Å². The van der Waals surface area contributed by atoms with E-state index in [-0.39, 0.29) is 36.3 Å². The van der Waals surface area contributed by atoms with Crippen molar-refractivity contribution in [2.45, 2.75) is 67.4 Å². The fraction of sp³-hybridized carbons (Fsp3) is 0.371. The minimum absolute atomic E-state index is 0.00576. The van der Waals surface area contributed by atoms with Gasteiger partial charge >= 0.3 is 11.9 Å². The van der Waals surface area contributed by atoms with Gasteiger partial charge in [0.15, 0.2) is 11.6 Å². The van der Waals surface area contributed by atoms with Crippen LogP contribution in [0.1, 0.15) is 83.0 Å². The number of carbonyl (C=O) groups excluding carboxylic acids is 2. The van der Waals surface area contributed by atoms with E-state index >= 15 is 0 Å². The first-order valence-electron chi connectivity index (χ1n) is 14.9. The van der Waals surface area contributed by atoms with E-state index in [1.165, 1.54) is 18.7 Å². The van der Waals surface area contributed by atoms with Gasteiger partial charge in [0.25, 0.3) is 0 Å². The highest BCUT2D eigenvalue weighted by atomic mass is 32.2. The summed E-state index contributed by atoms with van der Waals surface area (Å²) < 4.78 is 6.01. The molecular weight excluding hydrogens is 613 g/mol. The van der Waals surface area contributed by atoms with Crippen LogP contribution in [0.3, 0.4) is 0 Å². The maximum absolute atomic E-state index is 12.5. The number of carboxylic acids is 2. The van der Waals surface area contributed by atoms with Gasteiger partial charge in [0.2, 0.25) is 0 Å². The number of hydrogen-bond acceptors (Lipinski definition) is 8. The van der Waals surface area contributed by atoms with Gasteiger partial charge in [-0.25, -0.2) is 0 Å². The first-order chi connectivity index (χ1) is 21.6. The Morgan fingerprint density at radius 1 is 0.844 bits per heavy atom. The Labute approximate surface area is 272 Å². The second-order valence-electron chi connectivity index (χ2n) is 10.8. The summed E-state index contributed by atoms with van der Waals surface area (Å²) in [7, 11) is 0. The number of aliphatic hydroxyl groups is 1. The average Bonchev–Trinajstić information content (AvgIpc) is 3.02. The van der Waals surface area contributed by atoms with E-state index in [1.54, 1.807) is 36.9 Å². The molecule has 0 aliphatic heterocycles. The van der Waals surface area contributed by atoms with Gasteiger partial charge in [0, 0.05) is 50.9 Å². The average molecular weight is 653 g/mol. The molecule has 0 radical (unpaired) electrons. The quantitative estimate of drug-likeness (QED) is 0.0644. The van der Waals surface area contributed by atoms with Crippen molar-refractivity contribution in [3.05, 3.63) is 89.0 Å². The molecule has 240 valence electrons. The maximum Gasteiger partial charge on any atom is 0.304 e. The number of aryl methyl sites for hydroxylation is 1. The molecular formula is C35H40O8S2. The summed E-state index contributed by atoms with van der Waals surface area (Å²) in [6.07, 6.45) is 2.29. The largest absolute Gasteiger partial charge is 0.493 e. The molecule has 0 aliphatic rings. The highest BCUT2D eigenvalue weighted by Gasteiger charge is 2.19. The lowest BCUT2D eigenvalue weighted by molar-refractivity contribution is -0.138. The summed E-state index contributed by atoms with van der Waals surface area (Å²) in [6, 6.07) is 20.6. The van der Waals surface area contributed by atoms with Gasteiger partial charge in [-0.15, -0.1) is 23.5 Å². The minimum atomic E-state index is -1.01. The van der Waals surface area contributed by atoms with Crippen LogP contribution in [0.15, 0.2) is 76.5 Å². The predicted octanol–water partition coefficient (Wildman–Crippen LogP) is 7.37. The number of Topliss-reactive ketones (excluding diaryl/α,β-unsaturated/α-hetero) is 2. The van der Waals surface area contributed by atoms with Crippen molar-refractivity contribution in [1.29, 1.82) is 0 Å². The third-order valence-electron chi connectivity index (χ3n) is 7.10. The first-order valence-corrected chi connectivity index (χ1v) is 16.8. The molecule has 2 atom stereocenters. The van der Waals surface area contributed by atoms with Gasteiger partial charge < -0.3 is 20.1 Å². The van der Waals surface area contributed by atoms with Gasteiger partial charge in [-0.05, 0) is 86.2 Å². The molecule has 8 nitrogen and oxygen atoms in total. The zero-order valence-electron chi connectivity index (χ0n) is 25.6. The topological polar surface area (TPSA) is 138 Å². The summed E-state index contributed by atoms with van der Waals surface area (Å²) in [4.78, 5) is 48.6. The Morgan fingerprint density at radius 3 is 2.13 bits per heavy atom. The summed E-state index contributed by atoms with van der Waals surface area (Å²) in [5, 5.41) is 27.4. The summed E-state index contributed by atoms with van der Waals surface area (Å²) in [5.74, 6) is -1.14. The zero-order chi connectivity index (χ0) is 32.8. The van der Waals surface area contributed by atoms with Crippen LogP contribution < -0.4 is 4.74 Å². The fourth-order valence-corrected chi connectivity index (χ4v) is 6.64. The van der Waals surface area contributed by atoms with Crippen molar-refractivity contribution < 1.29 is 39.2 Å². The lowest BCUT2D eigenvalue weighted by atomic mass is 9.97. The molecule has 0 heterocycles. The van der Waals surface area contributed by atoms with Crippen molar-refractivity contribution in [2.24, 2.45) is 5.92 Å². The van der Waals surface area contributed by atoms with E-state index in [0.717, 1.165) is 38.8 Å². The Balaban J connectivity index is 1.56. The summed E-state index contributed by atoms with van der Waals surface area (Å²) in [6.45, 7) is 3.73. The number of ether oxygens (including phenoxy) is 1. The van der Waals surface area contributed by atoms with E-state index in [9.17, 15) is 29.4 Å². The molecule has 0 amide bonds. The Bertz CT molecular complexity index is 1440. The number of aliphatic carboxylic acids is 2. The van der Waals surface area contributed by atoms with Crippen LogP contribution in [0.25, 0.3) is 0 Å². The van der Waals surface area contributed by atoms with Crippen LogP contribution in [0, 0.1) is 5.92 Å². The minimum Gasteiger partial charge on any atom is -0.493 e. The number of aliphatic hydroxyl groups excluding tert-OH is 1. The first kappa shape index (κ1) is 35.9. The van der Waals surface area contributed by atoms with Crippen LogP contribution in [-0.4, -0.2) is 57.8 Å². The maximum atomic E-state index is 12.5. The normalized spacial score (nSPS) is 12.3. The highest BCUT2D eigenvalue weighted by molar-refractivity contribution is 7.99. The van der Waals surface area contributed by atoms with E-state index < -0.39 is 17.9 Å². The number of thioether (sulfide) groups is 2. The van der Waals surface area contributed by atoms with Crippen molar-refractivity contribution in [3.63, 3.8) is 0 Å². The number of rotatable bonds is 20. The van der Waals surface area contributed by atoms with Crippen LogP contribution in [0.5, 0.6) is 5.75 Å². The fourth-order valence-electron chi connectivity index (χ4n) is 4.66. The van der Waals surface area contributed by atoms with Crippen molar-refractivity contribution in [2.75, 3.05) is 19.0 Å².